The first kappa shape index (κ1) is 28.9. The molecule has 1 amide bonds. The number of rotatable bonds is 13. The average Bonchev–Trinajstić information content (AvgIpc) is 3.48. The molecule has 0 atom stereocenters. The molecule has 1 aromatic heterocycles. The standard InChI is InChI=1S/C32H35ClN4O3/c1-4-25-8-5-6-9-29(25)36-24(3)20-39-30-13-11-26(32(38)35-14-7-16-37-17-15-34-22-37)19-31(30)40-21-27-10-12-28(33)18-23(27)2/h5-6,8-13,15,17-19,22H,4,7,14,16,20-21H2,1-3H3,(H,35,38). The van der Waals surface area contributed by atoms with Crippen molar-refractivity contribution < 1.29 is 14.3 Å². The van der Waals surface area contributed by atoms with E-state index < -0.39 is 0 Å². The van der Waals surface area contributed by atoms with Crippen molar-refractivity contribution in [3.8, 4) is 11.5 Å². The lowest BCUT2D eigenvalue weighted by Crippen LogP contribution is -2.25. The highest BCUT2D eigenvalue weighted by molar-refractivity contribution is 6.30. The van der Waals surface area contributed by atoms with Crippen LogP contribution >= 0.6 is 11.6 Å². The van der Waals surface area contributed by atoms with Gasteiger partial charge >= 0.3 is 0 Å². The number of benzene rings is 3. The van der Waals surface area contributed by atoms with Crippen LogP contribution in [-0.4, -0.2) is 34.3 Å². The topological polar surface area (TPSA) is 77.7 Å². The van der Waals surface area contributed by atoms with E-state index in [-0.39, 0.29) is 12.5 Å². The van der Waals surface area contributed by atoms with Gasteiger partial charge in [0.05, 0.1) is 17.7 Å². The van der Waals surface area contributed by atoms with Gasteiger partial charge < -0.3 is 19.4 Å². The zero-order valence-electron chi connectivity index (χ0n) is 23.2. The first-order valence-corrected chi connectivity index (χ1v) is 13.8. The van der Waals surface area contributed by atoms with Crippen LogP contribution in [0.1, 0.15) is 47.3 Å². The number of aryl methyl sites for hydroxylation is 3. The summed E-state index contributed by atoms with van der Waals surface area (Å²) in [5.74, 6) is 0.863. The molecular weight excluding hydrogens is 524 g/mol. The minimum atomic E-state index is -0.168. The van der Waals surface area contributed by atoms with Crippen molar-refractivity contribution in [3.63, 3.8) is 0 Å². The lowest BCUT2D eigenvalue weighted by molar-refractivity contribution is 0.0952. The SMILES string of the molecule is CCc1ccccc1N=C(C)COc1ccc(C(=O)NCCCn2ccnc2)cc1OCc1ccc(Cl)cc1C. The first-order chi connectivity index (χ1) is 19.4. The number of imidazole rings is 1. The van der Waals surface area contributed by atoms with Crippen LogP contribution in [0.3, 0.4) is 0 Å². The molecule has 0 spiro atoms. The van der Waals surface area contributed by atoms with Gasteiger partial charge in [0.25, 0.3) is 5.91 Å². The normalized spacial score (nSPS) is 11.3. The first-order valence-electron chi connectivity index (χ1n) is 13.4. The van der Waals surface area contributed by atoms with Crippen LogP contribution in [0.4, 0.5) is 5.69 Å². The Hall–Kier alpha value is -4.10. The van der Waals surface area contributed by atoms with Gasteiger partial charge in [-0.25, -0.2) is 4.98 Å². The molecule has 0 saturated carbocycles. The molecule has 208 valence electrons. The summed E-state index contributed by atoms with van der Waals surface area (Å²) in [7, 11) is 0. The number of ether oxygens (including phenoxy) is 2. The number of aliphatic imine (C=N–C) groups is 1. The number of para-hydroxylation sites is 1. The highest BCUT2D eigenvalue weighted by Crippen LogP contribution is 2.30. The van der Waals surface area contributed by atoms with Crippen molar-refractivity contribution in [1.82, 2.24) is 14.9 Å². The summed E-state index contributed by atoms with van der Waals surface area (Å²) < 4.78 is 14.3. The number of nitrogens with zero attached hydrogens (tertiary/aromatic N) is 3. The number of carbonyl (C=O) groups excluding carboxylic acids is 1. The largest absolute Gasteiger partial charge is 0.485 e. The molecule has 1 N–H and O–H groups in total. The summed E-state index contributed by atoms with van der Waals surface area (Å²) in [5.41, 5.74) is 5.49. The van der Waals surface area contributed by atoms with E-state index in [1.807, 2.05) is 61.0 Å². The van der Waals surface area contributed by atoms with E-state index in [4.69, 9.17) is 26.1 Å². The van der Waals surface area contributed by atoms with E-state index in [0.717, 1.165) is 41.9 Å². The van der Waals surface area contributed by atoms with Crippen LogP contribution in [0.5, 0.6) is 11.5 Å². The molecule has 1 heterocycles. The highest BCUT2D eigenvalue weighted by Gasteiger charge is 2.13. The fourth-order valence-corrected chi connectivity index (χ4v) is 4.41. The van der Waals surface area contributed by atoms with E-state index in [9.17, 15) is 4.79 Å². The van der Waals surface area contributed by atoms with Gasteiger partial charge in [0, 0.05) is 36.1 Å². The van der Waals surface area contributed by atoms with Gasteiger partial charge in [-0.3, -0.25) is 9.79 Å². The number of carbonyl (C=O) groups is 1. The van der Waals surface area contributed by atoms with E-state index in [0.29, 0.717) is 35.2 Å². The molecule has 40 heavy (non-hydrogen) atoms. The van der Waals surface area contributed by atoms with Crippen molar-refractivity contribution in [2.24, 2.45) is 4.99 Å². The van der Waals surface area contributed by atoms with Crippen molar-refractivity contribution in [3.05, 3.63) is 107 Å². The van der Waals surface area contributed by atoms with Crippen LogP contribution in [0.25, 0.3) is 0 Å². The lowest BCUT2D eigenvalue weighted by atomic mass is 10.1. The number of halogens is 1. The molecule has 0 aliphatic carbocycles. The molecule has 8 heteroatoms. The fraction of sp³-hybridized carbons (Fsp3) is 0.281. The van der Waals surface area contributed by atoms with Gasteiger partial charge in [0.2, 0.25) is 0 Å². The Morgan fingerprint density at radius 2 is 1.90 bits per heavy atom. The van der Waals surface area contributed by atoms with Gasteiger partial charge in [0.1, 0.15) is 13.2 Å². The quantitative estimate of drug-likeness (QED) is 0.142. The van der Waals surface area contributed by atoms with Crippen molar-refractivity contribution in [1.29, 1.82) is 0 Å². The maximum absolute atomic E-state index is 12.9. The molecule has 3 aromatic carbocycles. The Bertz CT molecular complexity index is 1450. The van der Waals surface area contributed by atoms with Crippen LogP contribution in [0, 0.1) is 6.92 Å². The summed E-state index contributed by atoms with van der Waals surface area (Å²) >= 11 is 6.12. The molecule has 0 bridgehead atoms. The summed E-state index contributed by atoms with van der Waals surface area (Å²) in [5, 5.41) is 3.66. The van der Waals surface area contributed by atoms with Crippen LogP contribution in [0.2, 0.25) is 5.02 Å². The summed E-state index contributed by atoms with van der Waals surface area (Å²) in [6.45, 7) is 7.97. The highest BCUT2D eigenvalue weighted by atomic mass is 35.5. The summed E-state index contributed by atoms with van der Waals surface area (Å²) in [6.07, 6.45) is 7.11. The Balaban J connectivity index is 1.46. The minimum absolute atomic E-state index is 0.168. The molecule has 0 aliphatic heterocycles. The maximum Gasteiger partial charge on any atom is 0.251 e. The second-order valence-electron chi connectivity index (χ2n) is 9.55. The molecule has 0 aliphatic rings. The van der Waals surface area contributed by atoms with Gasteiger partial charge in [-0.15, -0.1) is 0 Å². The number of nitrogens with one attached hydrogen (secondary N) is 1. The predicted molar refractivity (Wildman–Crippen MR) is 160 cm³/mol. The predicted octanol–water partition coefficient (Wildman–Crippen LogP) is 6.98. The van der Waals surface area contributed by atoms with Crippen LogP contribution in [0.15, 0.2) is 84.4 Å². The number of amides is 1. The summed E-state index contributed by atoms with van der Waals surface area (Å²) in [4.78, 5) is 21.7. The smallest absolute Gasteiger partial charge is 0.251 e. The van der Waals surface area contributed by atoms with Crippen molar-refractivity contribution >= 4 is 28.9 Å². The molecule has 0 fully saturated rings. The zero-order valence-corrected chi connectivity index (χ0v) is 23.9. The molecule has 4 rings (SSSR count). The minimum Gasteiger partial charge on any atom is -0.485 e. The van der Waals surface area contributed by atoms with E-state index in [1.54, 1.807) is 30.7 Å². The molecule has 0 unspecified atom stereocenters. The van der Waals surface area contributed by atoms with Gasteiger partial charge in [-0.1, -0.05) is 42.8 Å². The van der Waals surface area contributed by atoms with E-state index >= 15 is 0 Å². The van der Waals surface area contributed by atoms with Gasteiger partial charge in [0.15, 0.2) is 11.5 Å². The molecular formula is C32H35ClN4O3. The fourth-order valence-electron chi connectivity index (χ4n) is 4.18. The second kappa shape index (κ2) is 14.3. The second-order valence-corrected chi connectivity index (χ2v) is 9.99. The third-order valence-electron chi connectivity index (χ3n) is 6.45. The number of aromatic nitrogens is 2. The van der Waals surface area contributed by atoms with E-state index in [1.165, 1.54) is 5.56 Å². The zero-order chi connectivity index (χ0) is 28.3. The van der Waals surface area contributed by atoms with Crippen LogP contribution < -0.4 is 14.8 Å². The number of hydrogen-bond donors (Lipinski definition) is 1. The Kier molecular flexibility index (Phi) is 10.4. The third kappa shape index (κ3) is 8.20. The monoisotopic (exact) mass is 558 g/mol. The average molecular weight is 559 g/mol. The van der Waals surface area contributed by atoms with E-state index in [2.05, 4.69) is 23.3 Å². The van der Waals surface area contributed by atoms with Crippen molar-refractivity contribution in [2.75, 3.05) is 13.2 Å². The number of hydrogen-bond acceptors (Lipinski definition) is 5. The van der Waals surface area contributed by atoms with Crippen LogP contribution in [-0.2, 0) is 19.6 Å². The maximum atomic E-state index is 12.9. The van der Waals surface area contributed by atoms with Gasteiger partial charge in [-0.2, -0.15) is 0 Å². The molecule has 7 nitrogen and oxygen atoms in total. The Labute approximate surface area is 240 Å². The summed E-state index contributed by atoms with van der Waals surface area (Å²) in [6, 6.07) is 19.0. The lowest BCUT2D eigenvalue weighted by Gasteiger charge is -2.15. The molecule has 0 radical (unpaired) electrons. The Morgan fingerprint density at radius 3 is 2.67 bits per heavy atom. The third-order valence-corrected chi connectivity index (χ3v) is 6.69. The Morgan fingerprint density at radius 1 is 1.05 bits per heavy atom. The molecule has 4 aromatic rings. The van der Waals surface area contributed by atoms with Gasteiger partial charge in [-0.05, 0) is 79.8 Å². The van der Waals surface area contributed by atoms with Crippen molar-refractivity contribution in [2.45, 2.75) is 46.8 Å². The molecule has 0 saturated heterocycles.